The number of anilines is 2. The number of nitrogens with zero attached hydrogens (tertiary/aromatic N) is 8. The minimum atomic E-state index is -0.755. The van der Waals surface area contributed by atoms with Gasteiger partial charge in [-0.15, -0.1) is 0 Å². The van der Waals surface area contributed by atoms with Crippen molar-refractivity contribution in [1.29, 1.82) is 0 Å². The standard InChI is InChI=1S/C18H19N5O3.C17H17N5O4/c1-2-14-13(24)8-15(26-14)12-9-19-17-16(20-10-21-23(12)17)22-18(25)11-6-4-3-5-7-11;23-8-14-12(24)6-13(26-14)11-7-18-16-15(19-9-20-22(11)16)21-17(25)10-4-2-1-3-5-10/h3-7,9-10,13-15,24H,2,8H2,1H3,(H,20,21,22,25);1-5,7,9,12-14,23-24H,6,8H2,(H,19,20,21,25)/t13-,14+,15+;12-,13+,14+/m00/s1. The van der Waals surface area contributed by atoms with Gasteiger partial charge in [0.1, 0.15) is 31.0 Å². The Hall–Kier alpha value is -5.72. The first-order chi connectivity index (χ1) is 25.3. The van der Waals surface area contributed by atoms with Crippen molar-refractivity contribution in [2.75, 3.05) is 17.2 Å². The fourth-order valence-electron chi connectivity index (χ4n) is 6.19. The van der Waals surface area contributed by atoms with E-state index in [9.17, 15) is 24.9 Å². The van der Waals surface area contributed by atoms with Gasteiger partial charge >= 0.3 is 0 Å². The van der Waals surface area contributed by atoms with Gasteiger partial charge in [0.2, 0.25) is 0 Å². The minimum absolute atomic E-state index is 0.190. The first kappa shape index (κ1) is 34.7. The van der Waals surface area contributed by atoms with E-state index in [0.717, 1.165) is 12.1 Å². The van der Waals surface area contributed by atoms with Crippen LogP contribution in [0.3, 0.4) is 0 Å². The highest BCUT2D eigenvalue weighted by Crippen LogP contribution is 2.35. The molecule has 2 aliphatic heterocycles. The lowest BCUT2D eigenvalue weighted by Crippen LogP contribution is -2.24. The summed E-state index contributed by atoms with van der Waals surface area (Å²) in [4.78, 5) is 41.6. The van der Waals surface area contributed by atoms with E-state index in [1.54, 1.807) is 65.4 Å². The van der Waals surface area contributed by atoms with Gasteiger partial charge in [-0.25, -0.2) is 29.0 Å². The van der Waals surface area contributed by atoms with Crippen LogP contribution in [0.15, 0.2) is 85.7 Å². The van der Waals surface area contributed by atoms with E-state index < -0.39 is 24.4 Å². The van der Waals surface area contributed by atoms with E-state index in [1.807, 2.05) is 19.1 Å². The molecule has 6 atom stereocenters. The van der Waals surface area contributed by atoms with Crippen LogP contribution >= 0.6 is 0 Å². The number of hydrogen-bond donors (Lipinski definition) is 5. The van der Waals surface area contributed by atoms with E-state index in [-0.39, 0.29) is 36.4 Å². The molecule has 2 aromatic carbocycles. The molecule has 6 heterocycles. The summed E-state index contributed by atoms with van der Waals surface area (Å²) < 4.78 is 14.7. The number of aliphatic hydroxyl groups excluding tert-OH is 3. The molecule has 2 saturated heterocycles. The molecule has 0 bridgehead atoms. The maximum atomic E-state index is 12.4. The van der Waals surface area contributed by atoms with Crippen LogP contribution in [-0.4, -0.2) is 97.3 Å². The Balaban J connectivity index is 0.000000162. The lowest BCUT2D eigenvalue weighted by molar-refractivity contribution is -0.0240. The van der Waals surface area contributed by atoms with Gasteiger partial charge in [-0.05, 0) is 30.7 Å². The number of benzene rings is 2. The monoisotopic (exact) mass is 708 g/mol. The van der Waals surface area contributed by atoms with Crippen LogP contribution in [0.2, 0.25) is 0 Å². The number of fused-ring (bicyclic) bond motifs is 2. The summed E-state index contributed by atoms with van der Waals surface area (Å²) in [6.07, 6.45) is 4.62. The summed E-state index contributed by atoms with van der Waals surface area (Å²) in [5.74, 6) is 0.0287. The maximum Gasteiger partial charge on any atom is 0.256 e. The molecule has 0 unspecified atom stereocenters. The van der Waals surface area contributed by atoms with Crippen LogP contribution in [0.1, 0.15) is 70.5 Å². The van der Waals surface area contributed by atoms with Gasteiger partial charge in [-0.3, -0.25) is 9.59 Å². The molecule has 4 aromatic heterocycles. The molecule has 0 saturated carbocycles. The number of amides is 2. The number of hydrogen-bond acceptors (Lipinski definition) is 13. The van der Waals surface area contributed by atoms with Crippen molar-refractivity contribution in [3.05, 3.63) is 108 Å². The molecule has 8 rings (SSSR count). The predicted molar refractivity (Wildman–Crippen MR) is 184 cm³/mol. The minimum Gasteiger partial charge on any atom is -0.394 e. The second-order valence-corrected chi connectivity index (χ2v) is 12.2. The summed E-state index contributed by atoms with van der Waals surface area (Å²) in [6.45, 7) is 1.71. The number of carbonyl (C=O) groups excluding carboxylic acids is 2. The summed E-state index contributed by atoms with van der Waals surface area (Å²) in [5, 5.41) is 43.1. The molecular formula is C35H36N10O7. The summed E-state index contributed by atoms with van der Waals surface area (Å²) in [7, 11) is 0. The SMILES string of the molecule is CC[C@H]1O[C@@H](c2cnc3c(NC(=O)c4ccccc4)ncnn23)C[C@@H]1O.O=C(Nc1ncnn2c([C@H]3C[C@H](O)[C@@H](CO)O3)cnc12)c1ccccc1. The van der Waals surface area contributed by atoms with Crippen LogP contribution in [0, 0.1) is 0 Å². The number of imidazole rings is 2. The van der Waals surface area contributed by atoms with Gasteiger partial charge in [-0.2, -0.15) is 10.2 Å². The molecule has 5 N–H and O–H groups in total. The van der Waals surface area contributed by atoms with Crippen molar-refractivity contribution in [2.24, 2.45) is 0 Å². The van der Waals surface area contributed by atoms with Gasteiger partial charge in [0.25, 0.3) is 11.8 Å². The Morgan fingerprint density at radius 1 is 0.712 bits per heavy atom. The smallest absolute Gasteiger partial charge is 0.256 e. The third-order valence-electron chi connectivity index (χ3n) is 8.89. The summed E-state index contributed by atoms with van der Waals surface area (Å²) in [5.41, 5.74) is 3.19. The normalized spacial score (nSPS) is 22.6. The third-order valence-corrected chi connectivity index (χ3v) is 8.89. The van der Waals surface area contributed by atoms with Gasteiger partial charge in [0.05, 0.1) is 48.7 Å². The average molecular weight is 709 g/mol. The highest BCUT2D eigenvalue weighted by atomic mass is 16.5. The van der Waals surface area contributed by atoms with Crippen molar-refractivity contribution in [1.82, 2.24) is 39.2 Å². The number of nitrogens with one attached hydrogen (secondary N) is 2. The maximum absolute atomic E-state index is 12.4. The number of carbonyl (C=O) groups is 2. The largest absolute Gasteiger partial charge is 0.394 e. The lowest BCUT2D eigenvalue weighted by Gasteiger charge is -2.12. The van der Waals surface area contributed by atoms with E-state index in [4.69, 9.17) is 9.47 Å². The Bertz CT molecular complexity index is 2010. The molecule has 0 aliphatic carbocycles. The van der Waals surface area contributed by atoms with Gasteiger partial charge < -0.3 is 35.4 Å². The molecule has 17 heteroatoms. The zero-order valence-corrected chi connectivity index (χ0v) is 27.9. The molecular weight excluding hydrogens is 672 g/mol. The molecule has 52 heavy (non-hydrogen) atoms. The highest BCUT2D eigenvalue weighted by Gasteiger charge is 2.37. The fourth-order valence-corrected chi connectivity index (χ4v) is 6.19. The van der Waals surface area contributed by atoms with Gasteiger partial charge in [0.15, 0.2) is 22.9 Å². The van der Waals surface area contributed by atoms with Crippen molar-refractivity contribution < 1.29 is 34.4 Å². The predicted octanol–water partition coefficient (Wildman–Crippen LogP) is 2.54. The van der Waals surface area contributed by atoms with E-state index >= 15 is 0 Å². The first-order valence-electron chi connectivity index (χ1n) is 16.7. The number of rotatable bonds is 8. The van der Waals surface area contributed by atoms with Crippen LogP contribution in [0.25, 0.3) is 11.3 Å². The quantitative estimate of drug-likeness (QED) is 0.154. The molecule has 6 aromatic rings. The Morgan fingerprint density at radius 2 is 1.15 bits per heavy atom. The molecule has 268 valence electrons. The second kappa shape index (κ2) is 15.3. The fraction of sp³-hybridized carbons (Fsp3) is 0.314. The molecule has 17 nitrogen and oxygen atoms in total. The molecule has 0 spiro atoms. The van der Waals surface area contributed by atoms with Crippen LogP contribution in [-0.2, 0) is 9.47 Å². The Labute approximate surface area is 296 Å². The highest BCUT2D eigenvalue weighted by molar-refractivity contribution is 6.05. The summed E-state index contributed by atoms with van der Waals surface area (Å²) >= 11 is 0. The van der Waals surface area contributed by atoms with Crippen molar-refractivity contribution in [2.45, 2.75) is 62.8 Å². The second-order valence-electron chi connectivity index (χ2n) is 12.2. The number of aromatic nitrogens is 8. The van der Waals surface area contributed by atoms with E-state index in [2.05, 4.69) is 40.8 Å². The molecule has 2 fully saturated rings. The molecule has 0 radical (unpaired) electrons. The van der Waals surface area contributed by atoms with E-state index in [1.165, 1.54) is 17.2 Å². The van der Waals surface area contributed by atoms with Crippen molar-refractivity contribution >= 4 is 34.7 Å². The summed E-state index contributed by atoms with van der Waals surface area (Å²) in [6, 6.07) is 17.7. The topological polar surface area (TPSA) is 224 Å². The van der Waals surface area contributed by atoms with Crippen LogP contribution < -0.4 is 10.6 Å². The van der Waals surface area contributed by atoms with Crippen molar-refractivity contribution in [3.8, 4) is 0 Å². The van der Waals surface area contributed by atoms with Crippen molar-refractivity contribution in [3.63, 3.8) is 0 Å². The average Bonchev–Trinajstić information content (AvgIpc) is 3.97. The van der Waals surface area contributed by atoms with E-state index in [0.29, 0.717) is 46.8 Å². The third kappa shape index (κ3) is 7.07. The van der Waals surface area contributed by atoms with Crippen LogP contribution in [0.4, 0.5) is 11.6 Å². The Kier molecular flexibility index (Phi) is 10.2. The van der Waals surface area contributed by atoms with Crippen LogP contribution in [0.5, 0.6) is 0 Å². The first-order valence-corrected chi connectivity index (χ1v) is 16.7. The Morgan fingerprint density at radius 3 is 1.56 bits per heavy atom. The van der Waals surface area contributed by atoms with Gasteiger partial charge in [0, 0.05) is 24.0 Å². The van der Waals surface area contributed by atoms with Gasteiger partial charge in [-0.1, -0.05) is 43.3 Å². The number of ether oxygens (including phenoxy) is 2. The molecule has 2 aliphatic rings. The molecule has 2 amide bonds. The lowest BCUT2D eigenvalue weighted by atomic mass is 10.1. The number of aliphatic hydroxyl groups is 3. The zero-order valence-electron chi connectivity index (χ0n) is 27.9. The zero-order chi connectivity index (χ0) is 36.2.